The van der Waals surface area contributed by atoms with Gasteiger partial charge < -0.3 is 15.0 Å². The molecule has 118 valence electrons. The largest absolute Gasteiger partial charge is 0.461 e. The van der Waals surface area contributed by atoms with Gasteiger partial charge in [-0.2, -0.15) is 0 Å². The summed E-state index contributed by atoms with van der Waals surface area (Å²) in [5.74, 6) is -0.516. The van der Waals surface area contributed by atoms with Gasteiger partial charge in [-0.3, -0.25) is 4.79 Å². The molecule has 2 aromatic rings. The highest BCUT2D eigenvalue weighted by atomic mass is 16.5. The van der Waals surface area contributed by atoms with Crippen molar-refractivity contribution < 1.29 is 14.3 Å². The molecule has 0 unspecified atom stereocenters. The average molecular weight is 310 g/mol. The molecular weight excluding hydrogens is 292 g/mol. The highest BCUT2D eigenvalue weighted by Crippen LogP contribution is 2.34. The predicted molar refractivity (Wildman–Crippen MR) is 89.2 cm³/mol. The lowest BCUT2D eigenvalue weighted by Crippen LogP contribution is -2.06. The van der Waals surface area contributed by atoms with E-state index in [0.29, 0.717) is 17.9 Å². The minimum atomic E-state index is -0.381. The molecule has 23 heavy (non-hydrogen) atoms. The lowest BCUT2D eigenvalue weighted by Gasteiger charge is -2.01. The van der Waals surface area contributed by atoms with Crippen LogP contribution in [0.1, 0.15) is 39.8 Å². The molecule has 0 aliphatic carbocycles. The van der Waals surface area contributed by atoms with Gasteiger partial charge in [-0.1, -0.05) is 18.2 Å². The molecule has 0 atom stereocenters. The quantitative estimate of drug-likeness (QED) is 0.675. The molecule has 1 amide bonds. The van der Waals surface area contributed by atoms with E-state index in [1.54, 1.807) is 6.92 Å². The van der Waals surface area contributed by atoms with Crippen molar-refractivity contribution in [3.8, 4) is 0 Å². The molecule has 1 aromatic heterocycles. The first kappa shape index (κ1) is 15.1. The topological polar surface area (TPSA) is 71.2 Å². The molecule has 5 heteroatoms. The van der Waals surface area contributed by atoms with E-state index in [2.05, 4.69) is 10.3 Å². The molecule has 5 nitrogen and oxygen atoms in total. The van der Waals surface area contributed by atoms with Crippen LogP contribution in [0.4, 0.5) is 5.69 Å². The molecule has 3 rings (SSSR count). The van der Waals surface area contributed by atoms with Crippen LogP contribution in [0.5, 0.6) is 0 Å². The minimum absolute atomic E-state index is 0.135. The summed E-state index contributed by atoms with van der Waals surface area (Å²) in [5, 5.41) is 2.85. The molecular formula is C18H18N2O3. The number of ether oxygens (including phenoxy) is 1. The van der Waals surface area contributed by atoms with Crippen molar-refractivity contribution in [3.05, 3.63) is 52.3 Å². The van der Waals surface area contributed by atoms with Gasteiger partial charge in [0.15, 0.2) is 0 Å². The summed E-state index contributed by atoms with van der Waals surface area (Å²) in [6, 6.07) is 7.55. The summed E-state index contributed by atoms with van der Waals surface area (Å²) in [7, 11) is 0. The fourth-order valence-electron chi connectivity index (χ4n) is 2.81. The van der Waals surface area contributed by atoms with Gasteiger partial charge in [0.2, 0.25) is 0 Å². The van der Waals surface area contributed by atoms with Crippen LogP contribution in [0.15, 0.2) is 24.3 Å². The Morgan fingerprint density at radius 3 is 2.74 bits per heavy atom. The average Bonchev–Trinajstić information content (AvgIpc) is 2.99. The Kier molecular flexibility index (Phi) is 3.78. The summed E-state index contributed by atoms with van der Waals surface area (Å²) in [6.07, 6.45) is 1.82. The van der Waals surface area contributed by atoms with E-state index in [4.69, 9.17) is 4.74 Å². The summed E-state index contributed by atoms with van der Waals surface area (Å²) in [6.45, 7) is 5.82. The number of rotatable bonds is 3. The van der Waals surface area contributed by atoms with Crippen molar-refractivity contribution in [3.63, 3.8) is 0 Å². The minimum Gasteiger partial charge on any atom is -0.461 e. The molecule has 1 aliphatic rings. The van der Waals surface area contributed by atoms with Gasteiger partial charge in [-0.15, -0.1) is 0 Å². The van der Waals surface area contributed by atoms with Crippen molar-refractivity contribution in [1.82, 2.24) is 4.98 Å². The third-order valence-corrected chi connectivity index (χ3v) is 3.97. The molecule has 1 aliphatic heterocycles. The van der Waals surface area contributed by atoms with E-state index < -0.39 is 0 Å². The zero-order chi connectivity index (χ0) is 16.6. The first-order chi connectivity index (χ1) is 11.0. The number of para-hydroxylation sites is 1. The highest BCUT2D eigenvalue weighted by Gasteiger charge is 2.25. The van der Waals surface area contributed by atoms with Crippen molar-refractivity contribution in [1.29, 1.82) is 0 Å². The molecule has 0 spiro atoms. The standard InChI is InChI=1S/C18H18N2O3/c1-4-23-18(22)16-10(2)13(11(3)19-16)9-14-12-7-5-6-8-15(12)20-17(14)21/h5-9,19H,4H2,1-3H3,(H,20,21)/b14-9+. The molecule has 0 bridgehead atoms. The SMILES string of the molecule is CCOC(=O)c1[nH]c(C)c(/C=C2/C(=O)Nc3ccccc32)c1C. The number of aromatic amines is 1. The molecule has 0 saturated heterocycles. The Balaban J connectivity index is 2.07. The number of carbonyl (C=O) groups excluding carboxylic acids is 2. The number of aryl methyl sites for hydroxylation is 1. The van der Waals surface area contributed by atoms with Gasteiger partial charge in [0.1, 0.15) is 5.69 Å². The molecule has 0 saturated carbocycles. The number of amides is 1. The van der Waals surface area contributed by atoms with Gasteiger partial charge in [0.05, 0.1) is 6.61 Å². The van der Waals surface area contributed by atoms with Crippen LogP contribution in [-0.4, -0.2) is 23.5 Å². The number of benzene rings is 1. The number of nitrogens with one attached hydrogen (secondary N) is 2. The Morgan fingerprint density at radius 1 is 1.26 bits per heavy atom. The van der Waals surface area contributed by atoms with Crippen LogP contribution in [0.2, 0.25) is 0 Å². The Morgan fingerprint density at radius 2 is 2.00 bits per heavy atom. The third-order valence-electron chi connectivity index (χ3n) is 3.97. The Bertz CT molecular complexity index is 831. The number of anilines is 1. The number of esters is 1. The lowest BCUT2D eigenvalue weighted by atomic mass is 10.0. The van der Waals surface area contributed by atoms with E-state index in [1.165, 1.54) is 0 Å². The first-order valence-corrected chi connectivity index (χ1v) is 7.51. The fourth-order valence-corrected chi connectivity index (χ4v) is 2.81. The highest BCUT2D eigenvalue weighted by molar-refractivity contribution is 6.35. The van der Waals surface area contributed by atoms with Gasteiger partial charge >= 0.3 is 5.97 Å². The van der Waals surface area contributed by atoms with Gasteiger partial charge in [-0.25, -0.2) is 4.79 Å². The number of aromatic nitrogens is 1. The van der Waals surface area contributed by atoms with Crippen molar-refractivity contribution in [2.24, 2.45) is 0 Å². The van der Waals surface area contributed by atoms with Gasteiger partial charge in [0.25, 0.3) is 5.91 Å². The Labute approximate surface area is 134 Å². The zero-order valence-corrected chi connectivity index (χ0v) is 13.3. The van der Waals surface area contributed by atoms with Crippen molar-refractivity contribution in [2.75, 3.05) is 11.9 Å². The van der Waals surface area contributed by atoms with E-state index in [0.717, 1.165) is 28.1 Å². The molecule has 0 radical (unpaired) electrons. The normalized spacial score (nSPS) is 14.7. The van der Waals surface area contributed by atoms with E-state index in [9.17, 15) is 9.59 Å². The number of hydrogen-bond acceptors (Lipinski definition) is 3. The van der Waals surface area contributed by atoms with E-state index in [-0.39, 0.29) is 11.9 Å². The first-order valence-electron chi connectivity index (χ1n) is 7.51. The predicted octanol–water partition coefficient (Wildman–Crippen LogP) is 3.30. The second-order valence-corrected chi connectivity index (χ2v) is 5.44. The molecule has 1 aromatic carbocycles. The smallest absolute Gasteiger partial charge is 0.355 e. The molecule has 0 fully saturated rings. The second-order valence-electron chi connectivity index (χ2n) is 5.44. The van der Waals surface area contributed by atoms with Crippen LogP contribution < -0.4 is 5.32 Å². The second kappa shape index (κ2) is 5.76. The van der Waals surface area contributed by atoms with Gasteiger partial charge in [0, 0.05) is 22.5 Å². The summed E-state index contributed by atoms with van der Waals surface area (Å²) in [4.78, 5) is 27.3. The van der Waals surface area contributed by atoms with Crippen LogP contribution in [0, 0.1) is 13.8 Å². The molecule has 2 heterocycles. The van der Waals surface area contributed by atoms with Crippen LogP contribution in [0.3, 0.4) is 0 Å². The number of carbonyl (C=O) groups is 2. The van der Waals surface area contributed by atoms with Crippen LogP contribution in [0.25, 0.3) is 11.6 Å². The number of fused-ring (bicyclic) bond motifs is 1. The van der Waals surface area contributed by atoms with Crippen LogP contribution in [-0.2, 0) is 9.53 Å². The van der Waals surface area contributed by atoms with E-state index in [1.807, 2.05) is 44.2 Å². The monoisotopic (exact) mass is 310 g/mol. The fraction of sp³-hybridized carbons (Fsp3) is 0.222. The van der Waals surface area contributed by atoms with Gasteiger partial charge in [-0.05, 0) is 44.0 Å². The maximum atomic E-state index is 12.2. The maximum absolute atomic E-state index is 12.2. The molecule has 2 N–H and O–H groups in total. The summed E-state index contributed by atoms with van der Waals surface area (Å²) < 4.78 is 5.05. The summed E-state index contributed by atoms with van der Waals surface area (Å²) >= 11 is 0. The van der Waals surface area contributed by atoms with Crippen LogP contribution >= 0.6 is 0 Å². The maximum Gasteiger partial charge on any atom is 0.355 e. The Hall–Kier alpha value is -2.82. The summed E-state index contributed by atoms with van der Waals surface area (Å²) in [5.41, 5.74) is 5.16. The number of hydrogen-bond donors (Lipinski definition) is 2. The van der Waals surface area contributed by atoms with Crippen molar-refractivity contribution >= 4 is 29.2 Å². The number of H-pyrrole nitrogens is 1. The van der Waals surface area contributed by atoms with Crippen molar-refractivity contribution in [2.45, 2.75) is 20.8 Å². The van der Waals surface area contributed by atoms with E-state index >= 15 is 0 Å². The lowest BCUT2D eigenvalue weighted by molar-refractivity contribution is -0.110. The zero-order valence-electron chi connectivity index (χ0n) is 13.3. The third kappa shape index (κ3) is 2.54.